The minimum atomic E-state index is -0.859. The molecule has 0 heterocycles. The molecule has 1 atom stereocenters. The second kappa shape index (κ2) is 3.43. The van der Waals surface area contributed by atoms with Crippen LogP contribution in [0.2, 0.25) is 0 Å². The highest BCUT2D eigenvalue weighted by molar-refractivity contribution is 5.72. The molecule has 0 aliphatic rings. The van der Waals surface area contributed by atoms with Crippen LogP contribution in [-0.4, -0.2) is 11.1 Å². The van der Waals surface area contributed by atoms with Gasteiger partial charge in [-0.15, -0.1) is 0 Å². The Hall–Kier alpha value is -0.970. The fourth-order valence-corrected chi connectivity index (χ4v) is 0.386. The van der Waals surface area contributed by atoms with Crippen LogP contribution in [0.5, 0.6) is 0 Å². The molecule has 11 heavy (non-hydrogen) atoms. The predicted octanol–water partition coefficient (Wildman–Crippen LogP) is 1.76. The van der Waals surface area contributed by atoms with E-state index in [1.807, 2.05) is 20.8 Å². The molecule has 0 aromatic rings. The van der Waals surface area contributed by atoms with E-state index in [0.717, 1.165) is 0 Å². The van der Waals surface area contributed by atoms with Gasteiger partial charge in [0.05, 0.1) is 0 Å². The summed E-state index contributed by atoms with van der Waals surface area (Å²) in [6.45, 7) is 7.44. The average Bonchev–Trinajstić information content (AvgIpc) is 1.80. The zero-order valence-corrected chi connectivity index (χ0v) is 7.43. The largest absolute Gasteiger partial charge is 0.480 e. The van der Waals surface area contributed by atoms with Gasteiger partial charge in [0.1, 0.15) is 5.92 Å². The molecule has 2 nitrogen and oxygen atoms in total. The number of carboxylic acids is 1. The zero-order valence-electron chi connectivity index (χ0n) is 7.43. The van der Waals surface area contributed by atoms with Gasteiger partial charge in [-0.3, -0.25) is 4.79 Å². The van der Waals surface area contributed by atoms with Crippen molar-refractivity contribution in [2.75, 3.05) is 0 Å². The van der Waals surface area contributed by atoms with Gasteiger partial charge < -0.3 is 5.11 Å². The van der Waals surface area contributed by atoms with Crippen molar-refractivity contribution in [2.45, 2.75) is 27.7 Å². The van der Waals surface area contributed by atoms with Crippen LogP contribution in [0.15, 0.2) is 0 Å². The Balaban J connectivity index is 4.19. The Morgan fingerprint density at radius 3 is 2.18 bits per heavy atom. The predicted molar refractivity (Wildman–Crippen MR) is 44.0 cm³/mol. The highest BCUT2D eigenvalue weighted by Gasteiger charge is 2.08. The van der Waals surface area contributed by atoms with Crippen molar-refractivity contribution in [2.24, 2.45) is 11.3 Å². The fourth-order valence-electron chi connectivity index (χ4n) is 0.386. The van der Waals surface area contributed by atoms with E-state index in [0.29, 0.717) is 0 Å². The Morgan fingerprint density at radius 1 is 1.45 bits per heavy atom. The first-order valence-electron chi connectivity index (χ1n) is 3.58. The molecule has 62 valence electrons. The SMILES string of the molecule is C[C@H](C#CC(C)(C)C)C(=O)O. The zero-order chi connectivity index (χ0) is 9.07. The lowest BCUT2D eigenvalue weighted by Gasteiger charge is -2.07. The molecule has 0 aliphatic heterocycles. The molecule has 2 heteroatoms. The molecule has 0 aliphatic carbocycles. The molecule has 0 aromatic carbocycles. The van der Waals surface area contributed by atoms with Gasteiger partial charge >= 0.3 is 5.97 Å². The van der Waals surface area contributed by atoms with Crippen LogP contribution in [0, 0.1) is 23.2 Å². The van der Waals surface area contributed by atoms with Crippen LogP contribution in [0.4, 0.5) is 0 Å². The van der Waals surface area contributed by atoms with Gasteiger partial charge in [-0.1, -0.05) is 11.8 Å². The Bertz CT molecular complexity index is 200. The molecule has 1 N–H and O–H groups in total. The molecule has 0 bridgehead atoms. The Kier molecular flexibility index (Phi) is 3.13. The molecule has 0 rings (SSSR count). The first-order chi connectivity index (χ1) is 4.83. The molecule has 0 saturated heterocycles. The molecule has 0 aromatic heterocycles. The van der Waals surface area contributed by atoms with Crippen molar-refractivity contribution in [3.05, 3.63) is 0 Å². The lowest BCUT2D eigenvalue weighted by molar-refractivity contribution is -0.139. The van der Waals surface area contributed by atoms with Crippen molar-refractivity contribution in [1.29, 1.82) is 0 Å². The summed E-state index contributed by atoms with van der Waals surface area (Å²) in [6.07, 6.45) is 0. The molecule has 0 fully saturated rings. The smallest absolute Gasteiger partial charge is 0.318 e. The van der Waals surface area contributed by atoms with Crippen molar-refractivity contribution in [3.63, 3.8) is 0 Å². The summed E-state index contributed by atoms with van der Waals surface area (Å²) in [6, 6.07) is 0. The number of hydrogen-bond donors (Lipinski definition) is 1. The molecule has 0 amide bonds. The van der Waals surface area contributed by atoms with Crippen molar-refractivity contribution in [1.82, 2.24) is 0 Å². The lowest BCUT2D eigenvalue weighted by atomic mass is 9.97. The molecule has 0 spiro atoms. The van der Waals surface area contributed by atoms with E-state index in [1.165, 1.54) is 0 Å². The second-order valence-corrected chi connectivity index (χ2v) is 3.58. The van der Waals surface area contributed by atoms with Gasteiger partial charge in [-0.2, -0.15) is 0 Å². The Labute approximate surface area is 67.6 Å². The highest BCUT2D eigenvalue weighted by Crippen LogP contribution is 2.10. The fraction of sp³-hybridized carbons (Fsp3) is 0.667. The third-order valence-electron chi connectivity index (χ3n) is 1.03. The van der Waals surface area contributed by atoms with E-state index in [4.69, 9.17) is 5.11 Å². The van der Waals surface area contributed by atoms with E-state index in [-0.39, 0.29) is 5.41 Å². The Morgan fingerprint density at radius 2 is 1.91 bits per heavy atom. The monoisotopic (exact) mass is 154 g/mol. The van der Waals surface area contributed by atoms with Crippen LogP contribution in [0.3, 0.4) is 0 Å². The van der Waals surface area contributed by atoms with E-state index in [9.17, 15) is 4.79 Å². The normalized spacial score (nSPS) is 13.1. The van der Waals surface area contributed by atoms with E-state index >= 15 is 0 Å². The molecule has 0 unspecified atom stereocenters. The third kappa shape index (κ3) is 5.47. The first-order valence-corrected chi connectivity index (χ1v) is 3.58. The first kappa shape index (κ1) is 10.0. The van der Waals surface area contributed by atoms with Gasteiger partial charge in [0, 0.05) is 5.41 Å². The third-order valence-corrected chi connectivity index (χ3v) is 1.03. The molecular weight excluding hydrogens is 140 g/mol. The highest BCUT2D eigenvalue weighted by atomic mass is 16.4. The summed E-state index contributed by atoms with van der Waals surface area (Å²) in [5.74, 6) is 4.12. The van der Waals surface area contributed by atoms with Crippen LogP contribution in [-0.2, 0) is 4.79 Å². The maximum absolute atomic E-state index is 10.3. The quantitative estimate of drug-likeness (QED) is 0.584. The van der Waals surface area contributed by atoms with Crippen LogP contribution in [0.25, 0.3) is 0 Å². The van der Waals surface area contributed by atoms with Crippen LogP contribution >= 0.6 is 0 Å². The number of hydrogen-bond acceptors (Lipinski definition) is 1. The van der Waals surface area contributed by atoms with Crippen molar-refractivity contribution >= 4 is 5.97 Å². The number of carboxylic acid groups (broad SMARTS) is 1. The van der Waals surface area contributed by atoms with E-state index < -0.39 is 11.9 Å². The van der Waals surface area contributed by atoms with Gasteiger partial charge in [0.25, 0.3) is 0 Å². The van der Waals surface area contributed by atoms with Crippen LogP contribution < -0.4 is 0 Å². The van der Waals surface area contributed by atoms with Crippen LogP contribution in [0.1, 0.15) is 27.7 Å². The molecule has 0 radical (unpaired) electrons. The summed E-state index contributed by atoms with van der Waals surface area (Å²) in [5, 5.41) is 8.48. The van der Waals surface area contributed by atoms with Crippen molar-refractivity contribution < 1.29 is 9.90 Å². The summed E-state index contributed by atoms with van der Waals surface area (Å²) in [7, 11) is 0. The van der Waals surface area contributed by atoms with Gasteiger partial charge in [0.15, 0.2) is 0 Å². The maximum Gasteiger partial charge on any atom is 0.318 e. The molecular formula is C9H14O2. The topological polar surface area (TPSA) is 37.3 Å². The summed E-state index contributed by atoms with van der Waals surface area (Å²) in [4.78, 5) is 10.3. The molecule has 0 saturated carbocycles. The van der Waals surface area contributed by atoms with Gasteiger partial charge in [-0.05, 0) is 27.7 Å². The summed E-state index contributed by atoms with van der Waals surface area (Å²) >= 11 is 0. The number of aliphatic carboxylic acids is 1. The van der Waals surface area contributed by atoms with Crippen molar-refractivity contribution in [3.8, 4) is 11.8 Å². The minimum Gasteiger partial charge on any atom is -0.480 e. The lowest BCUT2D eigenvalue weighted by Crippen LogP contribution is -2.08. The minimum absolute atomic E-state index is 0.107. The van der Waals surface area contributed by atoms with E-state index in [2.05, 4.69) is 11.8 Å². The number of rotatable bonds is 1. The van der Waals surface area contributed by atoms with Gasteiger partial charge in [0.2, 0.25) is 0 Å². The summed E-state index contributed by atoms with van der Waals surface area (Å²) in [5.41, 5.74) is -0.107. The number of carbonyl (C=O) groups is 1. The summed E-state index contributed by atoms with van der Waals surface area (Å²) < 4.78 is 0. The van der Waals surface area contributed by atoms with E-state index in [1.54, 1.807) is 6.92 Å². The van der Waals surface area contributed by atoms with Gasteiger partial charge in [-0.25, -0.2) is 0 Å². The maximum atomic E-state index is 10.3. The average molecular weight is 154 g/mol. The second-order valence-electron chi connectivity index (χ2n) is 3.58. The standard InChI is InChI=1S/C9H14O2/c1-7(8(10)11)5-6-9(2,3)4/h7H,1-4H3,(H,10,11)/t7-/m1/s1.